The van der Waals surface area contributed by atoms with Crippen molar-refractivity contribution in [2.75, 3.05) is 18.0 Å². The van der Waals surface area contributed by atoms with Gasteiger partial charge in [0.15, 0.2) is 0 Å². The minimum atomic E-state index is 0.131. The van der Waals surface area contributed by atoms with Crippen molar-refractivity contribution in [2.45, 2.75) is 38.6 Å². The molecule has 1 saturated heterocycles. The van der Waals surface area contributed by atoms with Crippen LogP contribution < -0.4 is 10.6 Å². The molecule has 1 heterocycles. The standard InChI is InChI=1S/C15H22N2/c1-12(16)13-6-2-3-7-14(13)17-10-15(11-17)8-4-5-9-15/h2-3,6-7,12H,4-5,8-11,16H2,1H3. The van der Waals surface area contributed by atoms with E-state index in [1.165, 1.54) is 50.0 Å². The van der Waals surface area contributed by atoms with Gasteiger partial charge in [0, 0.05) is 30.2 Å². The average molecular weight is 230 g/mol. The number of para-hydroxylation sites is 1. The first-order chi connectivity index (χ1) is 8.20. The van der Waals surface area contributed by atoms with Crippen LogP contribution >= 0.6 is 0 Å². The number of hydrogen-bond acceptors (Lipinski definition) is 2. The van der Waals surface area contributed by atoms with E-state index in [1.807, 2.05) is 0 Å². The van der Waals surface area contributed by atoms with Gasteiger partial charge in [0.2, 0.25) is 0 Å². The number of nitrogens with two attached hydrogens (primary N) is 1. The maximum Gasteiger partial charge on any atom is 0.0414 e. The quantitative estimate of drug-likeness (QED) is 0.846. The molecule has 92 valence electrons. The zero-order valence-corrected chi connectivity index (χ0v) is 10.7. The maximum absolute atomic E-state index is 6.05. The smallest absolute Gasteiger partial charge is 0.0414 e. The molecule has 1 aliphatic carbocycles. The molecule has 1 aliphatic heterocycles. The second-order valence-electron chi connectivity index (χ2n) is 5.91. The molecule has 1 spiro atoms. The van der Waals surface area contributed by atoms with E-state index < -0.39 is 0 Å². The highest BCUT2D eigenvalue weighted by Crippen LogP contribution is 2.47. The Morgan fingerprint density at radius 1 is 1.18 bits per heavy atom. The van der Waals surface area contributed by atoms with Crippen molar-refractivity contribution in [1.29, 1.82) is 0 Å². The third-order valence-corrected chi connectivity index (χ3v) is 4.48. The Hall–Kier alpha value is -1.02. The number of rotatable bonds is 2. The van der Waals surface area contributed by atoms with Crippen LogP contribution in [0.3, 0.4) is 0 Å². The average Bonchev–Trinajstić information content (AvgIpc) is 2.76. The molecular formula is C15H22N2. The molecule has 0 bridgehead atoms. The van der Waals surface area contributed by atoms with Crippen molar-refractivity contribution in [3.8, 4) is 0 Å². The second kappa shape index (κ2) is 4.02. The SMILES string of the molecule is CC(N)c1ccccc1N1CC2(CCCC2)C1. The van der Waals surface area contributed by atoms with Crippen molar-refractivity contribution in [2.24, 2.45) is 11.1 Å². The first-order valence-electron chi connectivity index (χ1n) is 6.80. The van der Waals surface area contributed by atoms with Gasteiger partial charge in [-0.05, 0) is 31.4 Å². The summed E-state index contributed by atoms with van der Waals surface area (Å²) >= 11 is 0. The molecule has 1 aromatic carbocycles. The fraction of sp³-hybridized carbons (Fsp3) is 0.600. The van der Waals surface area contributed by atoms with Gasteiger partial charge in [0.25, 0.3) is 0 Å². The van der Waals surface area contributed by atoms with Crippen LogP contribution in [0, 0.1) is 5.41 Å². The molecule has 0 radical (unpaired) electrons. The summed E-state index contributed by atoms with van der Waals surface area (Å²) in [7, 11) is 0. The van der Waals surface area contributed by atoms with Gasteiger partial charge < -0.3 is 10.6 Å². The van der Waals surface area contributed by atoms with Gasteiger partial charge in [-0.2, -0.15) is 0 Å². The molecule has 2 fully saturated rings. The first kappa shape index (κ1) is 11.1. The second-order valence-corrected chi connectivity index (χ2v) is 5.91. The molecule has 2 N–H and O–H groups in total. The van der Waals surface area contributed by atoms with E-state index in [2.05, 4.69) is 36.1 Å². The fourth-order valence-corrected chi connectivity index (χ4v) is 3.54. The topological polar surface area (TPSA) is 29.3 Å². The first-order valence-corrected chi connectivity index (χ1v) is 6.80. The molecule has 1 aromatic rings. The van der Waals surface area contributed by atoms with Gasteiger partial charge in [-0.15, -0.1) is 0 Å². The van der Waals surface area contributed by atoms with Crippen LogP contribution in [0.25, 0.3) is 0 Å². The largest absolute Gasteiger partial charge is 0.370 e. The van der Waals surface area contributed by atoms with E-state index in [0.29, 0.717) is 5.41 Å². The number of benzene rings is 1. The van der Waals surface area contributed by atoms with Crippen LogP contribution in [-0.4, -0.2) is 13.1 Å². The van der Waals surface area contributed by atoms with Crippen LogP contribution in [0.1, 0.15) is 44.2 Å². The highest BCUT2D eigenvalue weighted by atomic mass is 15.2. The lowest BCUT2D eigenvalue weighted by atomic mass is 9.77. The molecule has 17 heavy (non-hydrogen) atoms. The number of hydrogen-bond donors (Lipinski definition) is 1. The van der Waals surface area contributed by atoms with Crippen LogP contribution in [0.4, 0.5) is 5.69 Å². The molecule has 0 aromatic heterocycles. The third kappa shape index (κ3) is 1.85. The zero-order valence-electron chi connectivity index (χ0n) is 10.7. The Morgan fingerprint density at radius 3 is 2.47 bits per heavy atom. The lowest BCUT2D eigenvalue weighted by molar-refractivity contribution is 0.221. The van der Waals surface area contributed by atoms with Gasteiger partial charge in [-0.25, -0.2) is 0 Å². The Kier molecular flexibility index (Phi) is 2.62. The Morgan fingerprint density at radius 2 is 1.82 bits per heavy atom. The summed E-state index contributed by atoms with van der Waals surface area (Å²) in [6.07, 6.45) is 5.74. The summed E-state index contributed by atoms with van der Waals surface area (Å²) in [5, 5.41) is 0. The Labute approximate surface area is 104 Å². The monoisotopic (exact) mass is 230 g/mol. The zero-order chi connectivity index (χ0) is 11.9. The Balaban J connectivity index is 1.78. The van der Waals surface area contributed by atoms with Gasteiger partial charge in [-0.1, -0.05) is 31.0 Å². The van der Waals surface area contributed by atoms with Gasteiger partial charge >= 0.3 is 0 Å². The molecule has 1 atom stereocenters. The van der Waals surface area contributed by atoms with E-state index in [9.17, 15) is 0 Å². The molecule has 1 saturated carbocycles. The van der Waals surface area contributed by atoms with E-state index in [1.54, 1.807) is 0 Å². The lowest BCUT2D eigenvalue weighted by Crippen LogP contribution is -2.55. The predicted molar refractivity (Wildman–Crippen MR) is 72.2 cm³/mol. The minimum Gasteiger partial charge on any atom is -0.370 e. The summed E-state index contributed by atoms with van der Waals surface area (Å²) in [5.41, 5.74) is 9.36. The van der Waals surface area contributed by atoms with Crippen LogP contribution in [0.2, 0.25) is 0 Å². The summed E-state index contributed by atoms with van der Waals surface area (Å²) < 4.78 is 0. The molecular weight excluding hydrogens is 208 g/mol. The van der Waals surface area contributed by atoms with Gasteiger partial charge in [0.05, 0.1) is 0 Å². The molecule has 3 rings (SSSR count). The highest BCUT2D eigenvalue weighted by Gasteiger charge is 2.45. The van der Waals surface area contributed by atoms with Crippen molar-refractivity contribution >= 4 is 5.69 Å². The number of anilines is 1. The summed E-state index contributed by atoms with van der Waals surface area (Å²) in [4.78, 5) is 2.52. The van der Waals surface area contributed by atoms with Crippen LogP contribution in [0.15, 0.2) is 24.3 Å². The molecule has 2 aliphatic rings. The van der Waals surface area contributed by atoms with Crippen molar-refractivity contribution in [3.63, 3.8) is 0 Å². The summed E-state index contributed by atoms with van der Waals surface area (Å²) in [5.74, 6) is 0. The van der Waals surface area contributed by atoms with Gasteiger partial charge in [0.1, 0.15) is 0 Å². The number of nitrogens with zero attached hydrogens (tertiary/aromatic N) is 1. The van der Waals surface area contributed by atoms with Crippen LogP contribution in [-0.2, 0) is 0 Å². The molecule has 0 amide bonds. The van der Waals surface area contributed by atoms with E-state index >= 15 is 0 Å². The molecule has 2 heteroatoms. The minimum absolute atomic E-state index is 0.131. The van der Waals surface area contributed by atoms with E-state index in [-0.39, 0.29) is 6.04 Å². The highest BCUT2D eigenvalue weighted by molar-refractivity contribution is 5.57. The predicted octanol–water partition coefficient (Wildman–Crippen LogP) is 3.09. The molecule has 2 nitrogen and oxygen atoms in total. The molecule has 1 unspecified atom stereocenters. The van der Waals surface area contributed by atoms with E-state index in [4.69, 9.17) is 5.73 Å². The van der Waals surface area contributed by atoms with Gasteiger partial charge in [-0.3, -0.25) is 0 Å². The van der Waals surface area contributed by atoms with Crippen molar-refractivity contribution in [1.82, 2.24) is 0 Å². The van der Waals surface area contributed by atoms with Crippen LogP contribution in [0.5, 0.6) is 0 Å². The summed E-state index contributed by atoms with van der Waals surface area (Å²) in [6, 6.07) is 8.74. The van der Waals surface area contributed by atoms with E-state index in [0.717, 1.165) is 0 Å². The lowest BCUT2D eigenvalue weighted by Gasteiger charge is -2.50. The van der Waals surface area contributed by atoms with Crippen molar-refractivity contribution in [3.05, 3.63) is 29.8 Å². The normalized spacial score (nSPS) is 23.8. The fourth-order valence-electron chi connectivity index (χ4n) is 3.54. The third-order valence-electron chi connectivity index (χ3n) is 4.48. The van der Waals surface area contributed by atoms with Crippen molar-refractivity contribution < 1.29 is 0 Å². The maximum atomic E-state index is 6.05. The Bertz CT molecular complexity index is 397. The summed E-state index contributed by atoms with van der Waals surface area (Å²) in [6.45, 7) is 4.57.